The van der Waals surface area contributed by atoms with Crippen molar-refractivity contribution in [1.82, 2.24) is 9.97 Å². The zero-order valence-electron chi connectivity index (χ0n) is 9.72. The van der Waals surface area contributed by atoms with Crippen LogP contribution in [0.15, 0.2) is 47.4 Å². The third-order valence-corrected chi connectivity index (χ3v) is 3.01. The summed E-state index contributed by atoms with van der Waals surface area (Å²) in [6, 6.07) is 9.70. The Balaban J connectivity index is 2.27. The van der Waals surface area contributed by atoms with Crippen molar-refractivity contribution >= 4 is 22.6 Å². The molecule has 3 aromatic rings. The summed E-state index contributed by atoms with van der Waals surface area (Å²) < 4.78 is 0. The summed E-state index contributed by atoms with van der Waals surface area (Å²) in [5, 5.41) is 10.3. The van der Waals surface area contributed by atoms with Gasteiger partial charge < -0.3 is 10.1 Å². The lowest BCUT2D eigenvalue weighted by molar-refractivity contribution is 0.475. The minimum Gasteiger partial charge on any atom is -0.508 e. The molecule has 0 spiro atoms. The normalized spacial score (nSPS) is 10.8. The Morgan fingerprint density at radius 1 is 1.21 bits per heavy atom. The van der Waals surface area contributed by atoms with Gasteiger partial charge in [-0.05, 0) is 18.2 Å². The number of pyridine rings is 2. The molecule has 2 aromatic heterocycles. The van der Waals surface area contributed by atoms with E-state index in [-0.39, 0.29) is 11.2 Å². The maximum atomic E-state index is 12.0. The van der Waals surface area contributed by atoms with E-state index in [0.29, 0.717) is 21.7 Å². The first-order valence-corrected chi connectivity index (χ1v) is 5.99. The number of nitrogens with zero attached hydrogens (tertiary/aromatic N) is 1. The molecule has 0 aliphatic carbocycles. The van der Waals surface area contributed by atoms with Gasteiger partial charge in [-0.1, -0.05) is 23.7 Å². The molecular formula is C14H9ClN2O2. The molecule has 3 rings (SSSR count). The topological polar surface area (TPSA) is 66.0 Å². The monoisotopic (exact) mass is 272 g/mol. The number of hydrogen-bond acceptors (Lipinski definition) is 3. The van der Waals surface area contributed by atoms with Gasteiger partial charge in [0.2, 0.25) is 0 Å². The van der Waals surface area contributed by atoms with Gasteiger partial charge in [-0.15, -0.1) is 0 Å². The molecule has 0 amide bonds. The third-order valence-electron chi connectivity index (χ3n) is 2.81. The molecule has 2 N–H and O–H groups in total. The van der Waals surface area contributed by atoms with E-state index in [9.17, 15) is 9.90 Å². The minimum atomic E-state index is -0.165. The van der Waals surface area contributed by atoms with Gasteiger partial charge in [0.05, 0.1) is 16.1 Å². The van der Waals surface area contributed by atoms with Crippen molar-refractivity contribution in [1.29, 1.82) is 0 Å². The van der Waals surface area contributed by atoms with Gasteiger partial charge in [-0.25, -0.2) is 4.98 Å². The van der Waals surface area contributed by atoms with Crippen molar-refractivity contribution in [3.8, 4) is 17.0 Å². The van der Waals surface area contributed by atoms with E-state index >= 15 is 0 Å². The van der Waals surface area contributed by atoms with E-state index in [1.807, 2.05) is 0 Å². The number of hydrogen-bond donors (Lipinski definition) is 2. The molecule has 0 fully saturated rings. The first kappa shape index (κ1) is 11.7. The number of halogens is 1. The highest BCUT2D eigenvalue weighted by Gasteiger charge is 2.06. The van der Waals surface area contributed by atoms with E-state index in [1.165, 1.54) is 12.3 Å². The summed E-state index contributed by atoms with van der Waals surface area (Å²) in [4.78, 5) is 19.2. The maximum Gasteiger partial charge on any atom is 0.191 e. The quantitative estimate of drug-likeness (QED) is 0.716. The molecule has 1 aromatic carbocycles. The van der Waals surface area contributed by atoms with E-state index in [2.05, 4.69) is 9.97 Å². The number of phenolic OH excluding ortho intramolecular Hbond substituents is 1. The highest BCUT2D eigenvalue weighted by Crippen LogP contribution is 2.22. The highest BCUT2D eigenvalue weighted by atomic mass is 35.5. The Bertz CT molecular complexity index is 827. The van der Waals surface area contributed by atoms with Gasteiger partial charge in [0.1, 0.15) is 11.4 Å². The summed E-state index contributed by atoms with van der Waals surface area (Å²) in [5.74, 6) is 0.141. The second kappa shape index (κ2) is 4.40. The Morgan fingerprint density at radius 3 is 2.84 bits per heavy atom. The van der Waals surface area contributed by atoms with Crippen molar-refractivity contribution in [2.75, 3.05) is 0 Å². The second-order valence-electron chi connectivity index (χ2n) is 4.15. The predicted octanol–water partition coefficient (Wildman–Crippen LogP) is 2.95. The van der Waals surface area contributed by atoms with Crippen molar-refractivity contribution in [2.24, 2.45) is 0 Å². The molecule has 0 bridgehead atoms. The first-order valence-electron chi connectivity index (χ1n) is 5.61. The molecular weight excluding hydrogens is 264 g/mol. The Labute approximate surface area is 113 Å². The fourth-order valence-electron chi connectivity index (χ4n) is 1.93. The Morgan fingerprint density at radius 2 is 2.05 bits per heavy atom. The average Bonchev–Trinajstić information content (AvgIpc) is 2.39. The largest absolute Gasteiger partial charge is 0.508 e. The van der Waals surface area contributed by atoms with Gasteiger partial charge in [0, 0.05) is 17.8 Å². The van der Waals surface area contributed by atoms with E-state index < -0.39 is 0 Å². The summed E-state index contributed by atoms with van der Waals surface area (Å²) >= 11 is 5.82. The Kier molecular flexibility index (Phi) is 2.72. The minimum absolute atomic E-state index is 0.141. The number of benzene rings is 1. The van der Waals surface area contributed by atoms with E-state index in [0.717, 1.165) is 5.56 Å². The molecule has 0 atom stereocenters. The predicted molar refractivity (Wildman–Crippen MR) is 74.5 cm³/mol. The van der Waals surface area contributed by atoms with Crippen LogP contribution in [0.25, 0.3) is 22.3 Å². The van der Waals surface area contributed by atoms with Crippen molar-refractivity contribution < 1.29 is 5.11 Å². The molecule has 0 aliphatic heterocycles. The summed E-state index contributed by atoms with van der Waals surface area (Å²) in [6.07, 6.45) is 1.48. The van der Waals surface area contributed by atoms with Crippen LogP contribution in [0, 0.1) is 0 Å². The molecule has 0 saturated heterocycles. The first-order chi connectivity index (χ1) is 9.13. The zero-order chi connectivity index (χ0) is 13.4. The number of H-pyrrole nitrogens is 1. The number of rotatable bonds is 1. The van der Waals surface area contributed by atoms with Crippen LogP contribution in [0.5, 0.6) is 5.75 Å². The lowest BCUT2D eigenvalue weighted by Gasteiger charge is -2.04. The number of nitrogens with one attached hydrogen (secondary N) is 1. The standard InChI is InChI=1S/C14H9ClN2O2/c15-9-5-11-13(19)6-12(17-14(11)16-7-9)8-2-1-3-10(18)4-8/h1-7,18H,(H,16,17,19). The zero-order valence-corrected chi connectivity index (χ0v) is 10.5. The summed E-state index contributed by atoms with van der Waals surface area (Å²) in [5.41, 5.74) is 1.62. The van der Waals surface area contributed by atoms with Gasteiger partial charge >= 0.3 is 0 Å². The smallest absolute Gasteiger partial charge is 0.191 e. The van der Waals surface area contributed by atoms with Crippen molar-refractivity contribution in [2.45, 2.75) is 0 Å². The number of aromatic nitrogens is 2. The number of aromatic hydroxyl groups is 1. The highest BCUT2D eigenvalue weighted by molar-refractivity contribution is 6.31. The number of fused-ring (bicyclic) bond motifs is 1. The lowest BCUT2D eigenvalue weighted by atomic mass is 10.1. The summed E-state index contributed by atoms with van der Waals surface area (Å²) in [6.45, 7) is 0. The molecule has 19 heavy (non-hydrogen) atoms. The molecule has 4 nitrogen and oxygen atoms in total. The summed E-state index contributed by atoms with van der Waals surface area (Å²) in [7, 11) is 0. The average molecular weight is 273 g/mol. The molecule has 2 heterocycles. The maximum absolute atomic E-state index is 12.0. The number of phenols is 1. The van der Waals surface area contributed by atoms with Gasteiger partial charge in [0.25, 0.3) is 0 Å². The lowest BCUT2D eigenvalue weighted by Crippen LogP contribution is -2.04. The Hall–Kier alpha value is -2.33. The molecule has 0 radical (unpaired) electrons. The van der Waals surface area contributed by atoms with Crippen LogP contribution in [0.2, 0.25) is 5.02 Å². The molecule has 94 valence electrons. The van der Waals surface area contributed by atoms with Crippen LogP contribution in [-0.4, -0.2) is 15.1 Å². The SMILES string of the molecule is O=c1cc(-c2cccc(O)c2)[nH]c2ncc(Cl)cc12. The fourth-order valence-corrected chi connectivity index (χ4v) is 2.09. The fraction of sp³-hybridized carbons (Fsp3) is 0. The van der Waals surface area contributed by atoms with Gasteiger partial charge in [-0.3, -0.25) is 4.79 Å². The van der Waals surface area contributed by atoms with Crippen LogP contribution in [-0.2, 0) is 0 Å². The third kappa shape index (κ3) is 2.18. The van der Waals surface area contributed by atoms with Gasteiger partial charge in [0.15, 0.2) is 5.43 Å². The number of aromatic amines is 1. The van der Waals surface area contributed by atoms with Crippen LogP contribution >= 0.6 is 11.6 Å². The second-order valence-corrected chi connectivity index (χ2v) is 4.58. The van der Waals surface area contributed by atoms with E-state index in [1.54, 1.807) is 30.3 Å². The van der Waals surface area contributed by atoms with Gasteiger partial charge in [-0.2, -0.15) is 0 Å². The van der Waals surface area contributed by atoms with Crippen molar-refractivity contribution in [3.05, 3.63) is 57.8 Å². The van der Waals surface area contributed by atoms with Crippen LogP contribution < -0.4 is 5.43 Å². The van der Waals surface area contributed by atoms with Crippen molar-refractivity contribution in [3.63, 3.8) is 0 Å². The molecule has 5 heteroatoms. The van der Waals surface area contributed by atoms with Crippen LogP contribution in [0.4, 0.5) is 0 Å². The molecule has 0 saturated carbocycles. The molecule has 0 unspecified atom stereocenters. The molecule has 0 aliphatic rings. The van der Waals surface area contributed by atoms with Crippen LogP contribution in [0.1, 0.15) is 0 Å². The van der Waals surface area contributed by atoms with E-state index in [4.69, 9.17) is 11.6 Å². The van der Waals surface area contributed by atoms with Crippen LogP contribution in [0.3, 0.4) is 0 Å².